The Hall–Kier alpha value is -1.09. The highest BCUT2D eigenvalue weighted by Gasteiger charge is 2.11. The van der Waals surface area contributed by atoms with Crippen LogP contribution in [0.15, 0.2) is 12.1 Å². The van der Waals surface area contributed by atoms with Gasteiger partial charge in [0.1, 0.15) is 5.82 Å². The lowest BCUT2D eigenvalue weighted by molar-refractivity contribution is 0.610. The van der Waals surface area contributed by atoms with Crippen LogP contribution in [-0.4, -0.2) is 25.1 Å². The van der Waals surface area contributed by atoms with Crippen LogP contribution in [0.25, 0.3) is 0 Å². The van der Waals surface area contributed by atoms with Crippen molar-refractivity contribution in [1.29, 1.82) is 0 Å². The average molecular weight is 235 g/mol. The van der Waals surface area contributed by atoms with Crippen molar-refractivity contribution in [2.75, 3.05) is 19.0 Å². The molecule has 0 aliphatic heterocycles. The summed E-state index contributed by atoms with van der Waals surface area (Å²) in [6.07, 6.45) is 2.41. The second-order valence-corrected chi connectivity index (χ2v) is 4.69. The summed E-state index contributed by atoms with van der Waals surface area (Å²) in [7, 11) is 4.09. The maximum atomic E-state index is 4.68. The third kappa shape index (κ3) is 3.70. The second-order valence-electron chi connectivity index (χ2n) is 4.69. The van der Waals surface area contributed by atoms with E-state index < -0.39 is 0 Å². The van der Waals surface area contributed by atoms with Crippen molar-refractivity contribution in [1.82, 2.24) is 10.3 Å². The highest BCUT2D eigenvalue weighted by molar-refractivity contribution is 5.41. The smallest absolute Gasteiger partial charge is 0.128 e. The highest BCUT2D eigenvalue weighted by atomic mass is 15.2. The van der Waals surface area contributed by atoms with Gasteiger partial charge < -0.3 is 10.2 Å². The van der Waals surface area contributed by atoms with E-state index >= 15 is 0 Å². The van der Waals surface area contributed by atoms with Crippen molar-refractivity contribution in [2.24, 2.45) is 0 Å². The van der Waals surface area contributed by atoms with E-state index in [1.807, 2.05) is 7.05 Å². The predicted molar refractivity (Wildman–Crippen MR) is 74.5 cm³/mol. The van der Waals surface area contributed by atoms with Gasteiger partial charge in [-0.2, -0.15) is 0 Å². The van der Waals surface area contributed by atoms with Crippen LogP contribution in [-0.2, 0) is 6.54 Å². The van der Waals surface area contributed by atoms with Gasteiger partial charge in [0.2, 0.25) is 0 Å². The summed E-state index contributed by atoms with van der Waals surface area (Å²) >= 11 is 0. The fourth-order valence-corrected chi connectivity index (χ4v) is 1.99. The molecule has 1 aromatic heterocycles. The number of aromatic nitrogens is 1. The van der Waals surface area contributed by atoms with Gasteiger partial charge in [-0.25, -0.2) is 4.98 Å². The van der Waals surface area contributed by atoms with Crippen molar-refractivity contribution in [2.45, 2.75) is 46.2 Å². The summed E-state index contributed by atoms with van der Waals surface area (Å²) in [4.78, 5) is 6.94. The molecular formula is C14H25N3. The summed E-state index contributed by atoms with van der Waals surface area (Å²) < 4.78 is 0. The minimum atomic E-state index is 0.544. The van der Waals surface area contributed by atoms with E-state index in [1.54, 1.807) is 0 Å². The molecule has 0 radical (unpaired) electrons. The fourth-order valence-electron chi connectivity index (χ4n) is 1.99. The molecule has 3 nitrogen and oxygen atoms in total. The van der Waals surface area contributed by atoms with E-state index in [2.05, 4.69) is 55.2 Å². The molecule has 0 fully saturated rings. The zero-order chi connectivity index (χ0) is 12.8. The molecule has 0 spiro atoms. The highest BCUT2D eigenvalue weighted by Crippen LogP contribution is 2.17. The van der Waals surface area contributed by atoms with Crippen LogP contribution in [0.3, 0.4) is 0 Å². The summed E-state index contributed by atoms with van der Waals surface area (Å²) in [5.74, 6) is 1.07. The molecule has 0 amide bonds. The summed E-state index contributed by atoms with van der Waals surface area (Å²) in [5, 5.41) is 3.16. The Morgan fingerprint density at radius 3 is 2.65 bits per heavy atom. The van der Waals surface area contributed by atoms with Gasteiger partial charge in [0.05, 0.1) is 0 Å². The van der Waals surface area contributed by atoms with E-state index in [9.17, 15) is 0 Å². The van der Waals surface area contributed by atoms with Crippen molar-refractivity contribution in [3.8, 4) is 0 Å². The van der Waals surface area contributed by atoms with Gasteiger partial charge >= 0.3 is 0 Å². The lowest BCUT2D eigenvalue weighted by atomic mass is 10.1. The molecule has 17 heavy (non-hydrogen) atoms. The Kier molecular flexibility index (Phi) is 5.42. The van der Waals surface area contributed by atoms with E-state index in [0.29, 0.717) is 6.04 Å². The van der Waals surface area contributed by atoms with Crippen LogP contribution in [0, 0.1) is 6.92 Å². The summed E-state index contributed by atoms with van der Waals surface area (Å²) in [6, 6.07) is 4.83. The first kappa shape index (κ1) is 14.0. The van der Waals surface area contributed by atoms with Gasteiger partial charge in [-0.05, 0) is 38.9 Å². The van der Waals surface area contributed by atoms with Crippen LogP contribution in [0.1, 0.15) is 37.9 Å². The van der Waals surface area contributed by atoms with Crippen molar-refractivity contribution < 1.29 is 0 Å². The van der Waals surface area contributed by atoms with Gasteiger partial charge in [-0.3, -0.25) is 0 Å². The number of hydrogen-bond donors (Lipinski definition) is 1. The lowest BCUT2D eigenvalue weighted by Gasteiger charge is -2.26. The van der Waals surface area contributed by atoms with E-state index in [-0.39, 0.29) is 0 Å². The number of rotatable bonds is 6. The Balaban J connectivity index is 2.81. The molecule has 0 aliphatic rings. The number of pyridine rings is 1. The molecule has 1 aromatic rings. The Morgan fingerprint density at radius 1 is 1.41 bits per heavy atom. The quantitative estimate of drug-likeness (QED) is 0.821. The summed E-state index contributed by atoms with van der Waals surface area (Å²) in [5.41, 5.74) is 2.39. The third-order valence-corrected chi connectivity index (χ3v) is 3.28. The van der Waals surface area contributed by atoms with E-state index in [1.165, 1.54) is 18.4 Å². The van der Waals surface area contributed by atoms with Crippen LogP contribution in [0.2, 0.25) is 0 Å². The van der Waals surface area contributed by atoms with Gasteiger partial charge in [0.25, 0.3) is 0 Å². The minimum Gasteiger partial charge on any atom is -0.357 e. The third-order valence-electron chi connectivity index (χ3n) is 3.28. The van der Waals surface area contributed by atoms with Crippen molar-refractivity contribution in [3.63, 3.8) is 0 Å². The maximum absolute atomic E-state index is 4.68. The minimum absolute atomic E-state index is 0.544. The van der Waals surface area contributed by atoms with Gasteiger partial charge in [-0.15, -0.1) is 0 Å². The zero-order valence-electron chi connectivity index (χ0n) is 11.7. The Labute approximate surface area is 105 Å². The first-order valence-corrected chi connectivity index (χ1v) is 6.44. The summed E-state index contributed by atoms with van der Waals surface area (Å²) in [6.45, 7) is 7.43. The molecular weight excluding hydrogens is 210 g/mol. The molecule has 0 aliphatic carbocycles. The van der Waals surface area contributed by atoms with Crippen LogP contribution >= 0.6 is 0 Å². The lowest BCUT2D eigenvalue weighted by Crippen LogP contribution is -2.29. The molecule has 1 N–H and O–H groups in total. The molecule has 1 unspecified atom stereocenters. The molecule has 0 bridgehead atoms. The van der Waals surface area contributed by atoms with Gasteiger partial charge in [-0.1, -0.05) is 19.4 Å². The van der Waals surface area contributed by atoms with Crippen LogP contribution in [0.4, 0.5) is 5.82 Å². The molecule has 1 rings (SSSR count). The van der Waals surface area contributed by atoms with Gasteiger partial charge in [0.15, 0.2) is 0 Å². The topological polar surface area (TPSA) is 28.2 Å². The largest absolute Gasteiger partial charge is 0.357 e. The maximum Gasteiger partial charge on any atom is 0.128 e. The van der Waals surface area contributed by atoms with E-state index in [4.69, 9.17) is 0 Å². The SMILES string of the molecule is CCCC(C)N(C)c1ccc(CNC)c(C)n1. The van der Waals surface area contributed by atoms with Gasteiger partial charge in [0, 0.05) is 25.3 Å². The number of nitrogens with one attached hydrogen (secondary N) is 1. The second kappa shape index (κ2) is 6.60. The van der Waals surface area contributed by atoms with Crippen LogP contribution < -0.4 is 10.2 Å². The van der Waals surface area contributed by atoms with Crippen LogP contribution in [0.5, 0.6) is 0 Å². The first-order chi connectivity index (χ1) is 8.10. The zero-order valence-corrected chi connectivity index (χ0v) is 11.7. The van der Waals surface area contributed by atoms with Crippen molar-refractivity contribution >= 4 is 5.82 Å². The molecule has 0 aromatic carbocycles. The normalized spacial score (nSPS) is 12.5. The van der Waals surface area contributed by atoms with E-state index in [0.717, 1.165) is 18.1 Å². The molecule has 0 saturated carbocycles. The number of aryl methyl sites for hydroxylation is 1. The number of hydrogen-bond acceptors (Lipinski definition) is 3. The standard InChI is InChI=1S/C14H25N3/c1-6-7-11(2)17(5)14-9-8-13(10-15-4)12(3)16-14/h8-9,11,15H,6-7,10H2,1-5H3. The molecule has 96 valence electrons. The average Bonchev–Trinajstić information content (AvgIpc) is 2.31. The Bertz CT molecular complexity index is 349. The Morgan fingerprint density at radius 2 is 2.12 bits per heavy atom. The molecule has 1 atom stereocenters. The fraction of sp³-hybridized carbons (Fsp3) is 0.643. The number of anilines is 1. The predicted octanol–water partition coefficient (Wildman–Crippen LogP) is 2.73. The van der Waals surface area contributed by atoms with Crippen molar-refractivity contribution in [3.05, 3.63) is 23.4 Å². The molecule has 0 saturated heterocycles. The first-order valence-electron chi connectivity index (χ1n) is 6.44. The number of nitrogens with zero attached hydrogens (tertiary/aromatic N) is 2. The monoisotopic (exact) mass is 235 g/mol. The molecule has 3 heteroatoms. The molecule has 1 heterocycles.